The summed E-state index contributed by atoms with van der Waals surface area (Å²) in [5.41, 5.74) is 2.55. The van der Waals surface area contributed by atoms with Crippen LogP contribution < -0.4 is 4.72 Å². The summed E-state index contributed by atoms with van der Waals surface area (Å²) in [4.78, 5) is -0.960. The predicted molar refractivity (Wildman–Crippen MR) is 90.1 cm³/mol. The largest absolute Gasteiger partial charge is 0.246 e. The predicted octanol–water partition coefficient (Wildman–Crippen LogP) is 4.17. The van der Waals surface area contributed by atoms with Crippen LogP contribution in [0.1, 0.15) is 5.56 Å². The molecular formula is C17H13F2NO2S2. The van der Waals surface area contributed by atoms with Gasteiger partial charge in [-0.3, -0.25) is 0 Å². The lowest BCUT2D eigenvalue weighted by Gasteiger charge is -2.11. The van der Waals surface area contributed by atoms with Crippen molar-refractivity contribution < 1.29 is 17.2 Å². The summed E-state index contributed by atoms with van der Waals surface area (Å²) >= 11 is 1.53. The second kappa shape index (κ2) is 6.80. The molecule has 0 unspecified atom stereocenters. The Hall–Kier alpha value is -2.09. The summed E-state index contributed by atoms with van der Waals surface area (Å²) in [6.07, 6.45) is 0. The van der Waals surface area contributed by atoms with Gasteiger partial charge in [-0.05, 0) is 45.6 Å². The highest BCUT2D eigenvalue weighted by Gasteiger charge is 2.23. The first-order valence-corrected chi connectivity index (χ1v) is 9.46. The van der Waals surface area contributed by atoms with Gasteiger partial charge in [-0.1, -0.05) is 30.3 Å². The monoisotopic (exact) mass is 365 g/mol. The molecule has 124 valence electrons. The number of benzene rings is 2. The number of hydrogen-bond acceptors (Lipinski definition) is 3. The molecule has 2 aromatic carbocycles. The van der Waals surface area contributed by atoms with Crippen LogP contribution in [0.5, 0.6) is 0 Å². The fourth-order valence-electron chi connectivity index (χ4n) is 2.36. The lowest BCUT2D eigenvalue weighted by molar-refractivity contribution is 0.514. The Bertz CT molecular complexity index is 934. The van der Waals surface area contributed by atoms with E-state index in [2.05, 4.69) is 4.72 Å². The summed E-state index contributed by atoms with van der Waals surface area (Å²) in [5.74, 6) is -2.23. The first kappa shape index (κ1) is 16.8. The maximum absolute atomic E-state index is 13.7. The quantitative estimate of drug-likeness (QED) is 0.738. The van der Waals surface area contributed by atoms with Crippen LogP contribution in [-0.4, -0.2) is 8.42 Å². The third-order valence-corrected chi connectivity index (χ3v) is 5.62. The average molecular weight is 365 g/mol. The zero-order valence-corrected chi connectivity index (χ0v) is 14.0. The van der Waals surface area contributed by atoms with Gasteiger partial charge in [0.25, 0.3) is 0 Å². The molecule has 3 aromatic rings. The SMILES string of the molecule is O=S(=O)(NCc1ccccc1-c1ccsc1)c1c(F)cccc1F. The molecule has 0 aliphatic carbocycles. The smallest absolute Gasteiger partial charge is 0.207 e. The minimum atomic E-state index is -4.30. The highest BCUT2D eigenvalue weighted by atomic mass is 32.2. The molecule has 1 aromatic heterocycles. The summed E-state index contributed by atoms with van der Waals surface area (Å²) in [5, 5.41) is 3.87. The van der Waals surface area contributed by atoms with Crippen LogP contribution in [-0.2, 0) is 16.6 Å². The first-order chi connectivity index (χ1) is 11.5. The molecule has 0 saturated heterocycles. The minimum absolute atomic E-state index is 0.0673. The highest BCUT2D eigenvalue weighted by molar-refractivity contribution is 7.89. The fraction of sp³-hybridized carbons (Fsp3) is 0.0588. The number of halogens is 2. The van der Waals surface area contributed by atoms with E-state index in [1.54, 1.807) is 12.1 Å². The Kier molecular flexibility index (Phi) is 4.75. The van der Waals surface area contributed by atoms with Crippen molar-refractivity contribution >= 4 is 21.4 Å². The summed E-state index contributed by atoms with van der Waals surface area (Å²) < 4.78 is 54.2. The van der Waals surface area contributed by atoms with Crippen molar-refractivity contribution in [3.8, 4) is 11.1 Å². The van der Waals surface area contributed by atoms with E-state index < -0.39 is 26.6 Å². The van der Waals surface area contributed by atoms with E-state index in [1.165, 1.54) is 11.3 Å². The Morgan fingerprint density at radius 2 is 1.67 bits per heavy atom. The maximum Gasteiger partial charge on any atom is 0.246 e. The molecule has 0 atom stereocenters. The molecule has 0 saturated carbocycles. The van der Waals surface area contributed by atoms with Gasteiger partial charge in [-0.15, -0.1) is 0 Å². The summed E-state index contributed by atoms with van der Waals surface area (Å²) in [6.45, 7) is -0.0673. The molecule has 0 fully saturated rings. The Labute approximate surface area is 142 Å². The third kappa shape index (κ3) is 3.38. The van der Waals surface area contributed by atoms with E-state index in [-0.39, 0.29) is 6.54 Å². The number of nitrogens with one attached hydrogen (secondary N) is 1. The van der Waals surface area contributed by atoms with Crippen LogP contribution >= 0.6 is 11.3 Å². The number of sulfonamides is 1. The lowest BCUT2D eigenvalue weighted by Crippen LogP contribution is -2.25. The number of rotatable bonds is 5. The zero-order chi connectivity index (χ0) is 17.2. The lowest BCUT2D eigenvalue weighted by atomic mass is 10.0. The Morgan fingerprint density at radius 3 is 2.33 bits per heavy atom. The number of hydrogen-bond donors (Lipinski definition) is 1. The minimum Gasteiger partial charge on any atom is -0.207 e. The van der Waals surface area contributed by atoms with Gasteiger partial charge >= 0.3 is 0 Å². The first-order valence-electron chi connectivity index (χ1n) is 7.03. The molecule has 24 heavy (non-hydrogen) atoms. The molecular weight excluding hydrogens is 352 g/mol. The normalized spacial score (nSPS) is 11.6. The molecule has 1 heterocycles. The molecule has 0 radical (unpaired) electrons. The van der Waals surface area contributed by atoms with Gasteiger partial charge in [0.2, 0.25) is 10.0 Å². The third-order valence-electron chi connectivity index (χ3n) is 3.49. The molecule has 7 heteroatoms. The van der Waals surface area contributed by atoms with Crippen LogP contribution in [0, 0.1) is 11.6 Å². The van der Waals surface area contributed by atoms with Crippen LogP contribution in [0.3, 0.4) is 0 Å². The van der Waals surface area contributed by atoms with Crippen molar-refractivity contribution in [3.63, 3.8) is 0 Å². The molecule has 0 bridgehead atoms. The molecule has 1 N–H and O–H groups in total. The molecule has 3 nitrogen and oxygen atoms in total. The second-order valence-electron chi connectivity index (χ2n) is 5.04. The maximum atomic E-state index is 13.7. The molecule has 0 aliphatic heterocycles. The van der Waals surface area contributed by atoms with Crippen molar-refractivity contribution in [1.29, 1.82) is 0 Å². The molecule has 0 amide bonds. The van der Waals surface area contributed by atoms with E-state index in [0.717, 1.165) is 34.9 Å². The second-order valence-corrected chi connectivity index (χ2v) is 7.53. The van der Waals surface area contributed by atoms with Crippen LogP contribution in [0.2, 0.25) is 0 Å². The van der Waals surface area contributed by atoms with Crippen molar-refractivity contribution in [3.05, 3.63) is 76.5 Å². The van der Waals surface area contributed by atoms with Crippen molar-refractivity contribution in [2.75, 3.05) is 0 Å². The molecule has 0 spiro atoms. The van der Waals surface area contributed by atoms with Crippen LogP contribution in [0.25, 0.3) is 11.1 Å². The molecule has 3 rings (SSSR count). The van der Waals surface area contributed by atoms with Gasteiger partial charge in [-0.2, -0.15) is 11.3 Å². The standard InChI is InChI=1S/C17H13F2NO2S2/c18-15-6-3-7-16(19)17(15)24(21,22)20-10-12-4-1-2-5-14(12)13-8-9-23-11-13/h1-9,11,20H,10H2. The Morgan fingerprint density at radius 1 is 0.958 bits per heavy atom. The van der Waals surface area contributed by atoms with Crippen molar-refractivity contribution in [2.24, 2.45) is 0 Å². The van der Waals surface area contributed by atoms with Gasteiger partial charge < -0.3 is 0 Å². The van der Waals surface area contributed by atoms with E-state index in [1.807, 2.05) is 29.0 Å². The number of thiophene rings is 1. The summed E-state index contributed by atoms with van der Waals surface area (Å²) in [7, 11) is -4.30. The van der Waals surface area contributed by atoms with Crippen molar-refractivity contribution in [2.45, 2.75) is 11.4 Å². The van der Waals surface area contributed by atoms with Crippen molar-refractivity contribution in [1.82, 2.24) is 4.72 Å². The van der Waals surface area contributed by atoms with Gasteiger partial charge in [0.05, 0.1) is 0 Å². The van der Waals surface area contributed by atoms with E-state index >= 15 is 0 Å². The fourth-order valence-corrected chi connectivity index (χ4v) is 4.15. The van der Waals surface area contributed by atoms with Gasteiger partial charge in [0, 0.05) is 6.54 Å². The highest BCUT2D eigenvalue weighted by Crippen LogP contribution is 2.26. The van der Waals surface area contributed by atoms with Gasteiger partial charge in [0.1, 0.15) is 11.6 Å². The van der Waals surface area contributed by atoms with Crippen LogP contribution in [0.4, 0.5) is 8.78 Å². The molecule has 0 aliphatic rings. The average Bonchev–Trinajstić information content (AvgIpc) is 3.07. The van der Waals surface area contributed by atoms with Crippen LogP contribution in [0.15, 0.2) is 64.2 Å². The Balaban J connectivity index is 1.89. The summed E-state index contributed by atoms with van der Waals surface area (Å²) in [6, 6.07) is 12.1. The van der Waals surface area contributed by atoms with Gasteiger partial charge in [0.15, 0.2) is 4.90 Å². The van der Waals surface area contributed by atoms with Gasteiger partial charge in [-0.25, -0.2) is 21.9 Å². The zero-order valence-electron chi connectivity index (χ0n) is 12.4. The van der Waals surface area contributed by atoms with E-state index in [4.69, 9.17) is 0 Å². The van der Waals surface area contributed by atoms with E-state index in [0.29, 0.717) is 0 Å². The van der Waals surface area contributed by atoms with E-state index in [9.17, 15) is 17.2 Å². The topological polar surface area (TPSA) is 46.2 Å².